The van der Waals surface area contributed by atoms with E-state index in [1.807, 2.05) is 6.92 Å². The van der Waals surface area contributed by atoms with Crippen molar-refractivity contribution in [1.29, 1.82) is 0 Å². The predicted octanol–water partition coefficient (Wildman–Crippen LogP) is 1.91. The lowest BCUT2D eigenvalue weighted by atomic mass is 10.2. The number of Topliss-reactive ketones (excluding diaryl/α,β-unsaturated/α-hetero) is 1. The summed E-state index contributed by atoms with van der Waals surface area (Å²) in [5.41, 5.74) is 0.785. The van der Waals surface area contributed by atoms with Gasteiger partial charge in [-0.3, -0.25) is 4.79 Å². The normalized spacial score (nSPS) is 10.2. The second-order valence-electron chi connectivity index (χ2n) is 2.36. The van der Waals surface area contributed by atoms with Crippen molar-refractivity contribution >= 4 is 28.9 Å². The Bertz CT molecular complexity index is 274. The highest BCUT2D eigenvalue weighted by Crippen LogP contribution is 2.13. The molecule has 1 rings (SSSR count). The molecule has 0 N–H and O–H groups in total. The Labute approximate surface area is 79.9 Å². The largest absolute Gasteiger partial charge is 0.292 e. The molecular formula is C7H9ClN2OS. The third-order valence-electron chi connectivity index (χ3n) is 1.42. The number of hydrogen-bond donors (Lipinski definition) is 0. The average Bonchev–Trinajstić information content (AvgIpc) is 2.52. The van der Waals surface area contributed by atoms with Crippen LogP contribution in [0.2, 0.25) is 0 Å². The molecule has 0 atom stereocenters. The molecule has 0 spiro atoms. The topological polar surface area (TPSA) is 42.9 Å². The van der Waals surface area contributed by atoms with E-state index in [-0.39, 0.29) is 11.7 Å². The molecule has 12 heavy (non-hydrogen) atoms. The van der Waals surface area contributed by atoms with Crippen LogP contribution in [0, 0.1) is 0 Å². The molecule has 0 saturated carbocycles. The van der Waals surface area contributed by atoms with E-state index in [4.69, 9.17) is 11.6 Å². The molecule has 0 aliphatic rings. The number of ketones is 1. The summed E-state index contributed by atoms with van der Waals surface area (Å²) in [4.78, 5) is 11.8. The molecule has 0 radical (unpaired) electrons. The minimum atomic E-state index is -0.0740. The maximum Gasteiger partial charge on any atom is 0.191 e. The zero-order valence-corrected chi connectivity index (χ0v) is 8.28. The SMILES string of the molecule is CCCc1nnsc1C(=O)CCl. The lowest BCUT2D eigenvalue weighted by Gasteiger charge is -1.93. The summed E-state index contributed by atoms with van der Waals surface area (Å²) in [6.07, 6.45) is 1.77. The number of hydrogen-bond acceptors (Lipinski definition) is 4. The minimum Gasteiger partial charge on any atom is -0.292 e. The fraction of sp³-hybridized carbons (Fsp3) is 0.571. The summed E-state index contributed by atoms with van der Waals surface area (Å²) >= 11 is 6.54. The van der Waals surface area contributed by atoms with Crippen LogP contribution in [0.4, 0.5) is 0 Å². The molecule has 5 heteroatoms. The van der Waals surface area contributed by atoms with Crippen molar-refractivity contribution in [2.75, 3.05) is 5.88 Å². The van der Waals surface area contributed by atoms with Gasteiger partial charge in [-0.05, 0) is 18.0 Å². The first-order valence-electron chi connectivity index (χ1n) is 3.70. The first kappa shape index (κ1) is 9.61. The Kier molecular flexibility index (Phi) is 3.62. The number of aromatic nitrogens is 2. The molecule has 0 aromatic carbocycles. The number of halogens is 1. The maximum absolute atomic E-state index is 11.2. The Hall–Kier alpha value is -0.480. The summed E-state index contributed by atoms with van der Waals surface area (Å²) in [6.45, 7) is 2.04. The number of carbonyl (C=O) groups excluding carboxylic acids is 1. The fourth-order valence-electron chi connectivity index (χ4n) is 0.881. The quantitative estimate of drug-likeness (QED) is 0.556. The van der Waals surface area contributed by atoms with Gasteiger partial charge in [0.25, 0.3) is 0 Å². The minimum absolute atomic E-state index is 0.0145. The lowest BCUT2D eigenvalue weighted by molar-refractivity contribution is 0.102. The van der Waals surface area contributed by atoms with E-state index in [0.717, 1.165) is 30.1 Å². The maximum atomic E-state index is 11.2. The van der Waals surface area contributed by atoms with Gasteiger partial charge in [-0.1, -0.05) is 17.8 Å². The smallest absolute Gasteiger partial charge is 0.191 e. The number of aryl methyl sites for hydroxylation is 1. The standard InChI is InChI=1S/C7H9ClN2OS/c1-2-3-5-7(6(11)4-8)12-10-9-5/h2-4H2,1H3. The van der Waals surface area contributed by atoms with Crippen LogP contribution < -0.4 is 0 Å². The molecule has 0 amide bonds. The Morgan fingerprint density at radius 1 is 1.67 bits per heavy atom. The molecule has 0 fully saturated rings. The van der Waals surface area contributed by atoms with Gasteiger partial charge in [-0.2, -0.15) is 0 Å². The van der Waals surface area contributed by atoms with Crippen LogP contribution in [-0.4, -0.2) is 21.3 Å². The van der Waals surface area contributed by atoms with Crippen molar-refractivity contribution in [3.8, 4) is 0 Å². The van der Waals surface area contributed by atoms with Gasteiger partial charge in [0.1, 0.15) is 4.88 Å². The van der Waals surface area contributed by atoms with Crippen LogP contribution in [0.5, 0.6) is 0 Å². The number of carbonyl (C=O) groups is 1. The second-order valence-corrected chi connectivity index (χ2v) is 3.38. The molecule has 1 heterocycles. The molecule has 0 aliphatic heterocycles. The summed E-state index contributed by atoms with van der Waals surface area (Å²) in [5.74, 6) is -0.0595. The van der Waals surface area contributed by atoms with Crippen LogP contribution in [0.15, 0.2) is 0 Å². The van der Waals surface area contributed by atoms with E-state index in [1.165, 1.54) is 0 Å². The van der Waals surface area contributed by atoms with Crippen molar-refractivity contribution in [2.45, 2.75) is 19.8 Å². The van der Waals surface area contributed by atoms with Crippen molar-refractivity contribution < 1.29 is 4.79 Å². The molecule has 1 aromatic heterocycles. The van der Waals surface area contributed by atoms with Crippen molar-refractivity contribution in [1.82, 2.24) is 9.59 Å². The summed E-state index contributed by atoms with van der Waals surface area (Å²) < 4.78 is 3.72. The van der Waals surface area contributed by atoms with Gasteiger partial charge in [-0.15, -0.1) is 16.7 Å². The summed E-state index contributed by atoms with van der Waals surface area (Å²) in [5, 5.41) is 3.86. The average molecular weight is 205 g/mol. The highest BCUT2D eigenvalue weighted by atomic mass is 35.5. The molecule has 0 bridgehead atoms. The monoisotopic (exact) mass is 204 g/mol. The van der Waals surface area contributed by atoms with Crippen LogP contribution >= 0.6 is 23.1 Å². The van der Waals surface area contributed by atoms with Gasteiger partial charge in [0.15, 0.2) is 5.78 Å². The third kappa shape index (κ3) is 2.01. The summed E-state index contributed by atoms with van der Waals surface area (Å²) in [7, 11) is 0. The first-order chi connectivity index (χ1) is 5.79. The predicted molar refractivity (Wildman–Crippen MR) is 49.0 cm³/mol. The lowest BCUT2D eigenvalue weighted by Crippen LogP contribution is -2.01. The molecule has 66 valence electrons. The second kappa shape index (κ2) is 4.52. The molecule has 1 aromatic rings. The Morgan fingerprint density at radius 3 is 3.00 bits per heavy atom. The number of alkyl halides is 1. The fourth-order valence-corrected chi connectivity index (χ4v) is 1.74. The highest BCUT2D eigenvalue weighted by molar-refractivity contribution is 7.08. The van der Waals surface area contributed by atoms with E-state index < -0.39 is 0 Å². The van der Waals surface area contributed by atoms with E-state index in [0.29, 0.717) is 4.88 Å². The molecule has 3 nitrogen and oxygen atoms in total. The van der Waals surface area contributed by atoms with Crippen LogP contribution in [-0.2, 0) is 6.42 Å². The van der Waals surface area contributed by atoms with Gasteiger partial charge in [0.05, 0.1) is 11.6 Å². The van der Waals surface area contributed by atoms with Gasteiger partial charge in [0, 0.05) is 0 Å². The Morgan fingerprint density at radius 2 is 2.42 bits per heavy atom. The highest BCUT2D eigenvalue weighted by Gasteiger charge is 2.13. The molecule has 0 saturated heterocycles. The number of nitrogens with zero attached hydrogens (tertiary/aromatic N) is 2. The van der Waals surface area contributed by atoms with Crippen molar-refractivity contribution in [2.24, 2.45) is 0 Å². The van der Waals surface area contributed by atoms with Gasteiger partial charge in [-0.25, -0.2) is 0 Å². The molecule has 0 aliphatic carbocycles. The van der Waals surface area contributed by atoms with Gasteiger partial charge in [0.2, 0.25) is 0 Å². The summed E-state index contributed by atoms with van der Waals surface area (Å²) in [6, 6.07) is 0. The number of rotatable bonds is 4. The van der Waals surface area contributed by atoms with Crippen LogP contribution in [0.1, 0.15) is 28.7 Å². The van der Waals surface area contributed by atoms with E-state index in [1.54, 1.807) is 0 Å². The zero-order valence-electron chi connectivity index (χ0n) is 6.71. The molecular weight excluding hydrogens is 196 g/mol. The van der Waals surface area contributed by atoms with Crippen LogP contribution in [0.25, 0.3) is 0 Å². The third-order valence-corrected chi connectivity index (χ3v) is 2.47. The molecule has 0 unspecified atom stereocenters. The van der Waals surface area contributed by atoms with Crippen LogP contribution in [0.3, 0.4) is 0 Å². The zero-order chi connectivity index (χ0) is 8.97. The van der Waals surface area contributed by atoms with Crippen molar-refractivity contribution in [3.63, 3.8) is 0 Å². The van der Waals surface area contributed by atoms with E-state index in [2.05, 4.69) is 9.59 Å². The van der Waals surface area contributed by atoms with E-state index in [9.17, 15) is 4.79 Å². The van der Waals surface area contributed by atoms with E-state index >= 15 is 0 Å². The van der Waals surface area contributed by atoms with Crippen molar-refractivity contribution in [3.05, 3.63) is 10.6 Å². The Balaban J connectivity index is 2.83. The first-order valence-corrected chi connectivity index (χ1v) is 5.00. The van der Waals surface area contributed by atoms with Gasteiger partial charge < -0.3 is 0 Å². The van der Waals surface area contributed by atoms with Gasteiger partial charge >= 0.3 is 0 Å².